The van der Waals surface area contributed by atoms with Gasteiger partial charge in [0.05, 0.1) is 34.6 Å². The molecule has 0 aromatic heterocycles. The van der Waals surface area contributed by atoms with Crippen molar-refractivity contribution in [2.24, 2.45) is 4.99 Å². The summed E-state index contributed by atoms with van der Waals surface area (Å²) in [6.07, 6.45) is -3.21. The van der Waals surface area contributed by atoms with E-state index in [1.165, 1.54) is 11.8 Å². The maximum Gasteiger partial charge on any atom is 0.416 e. The molecule has 0 aliphatic carbocycles. The van der Waals surface area contributed by atoms with Gasteiger partial charge in [-0.2, -0.15) is 13.2 Å². The molecule has 192 valence electrons. The zero-order valence-corrected chi connectivity index (χ0v) is 21.3. The largest absolute Gasteiger partial charge is 0.416 e. The average Bonchev–Trinajstić information content (AvgIpc) is 3.41. The Morgan fingerprint density at radius 3 is 2.61 bits per heavy atom. The predicted molar refractivity (Wildman–Crippen MR) is 135 cm³/mol. The van der Waals surface area contributed by atoms with Gasteiger partial charge in [0.2, 0.25) is 11.8 Å². The number of hydrogen-bond acceptors (Lipinski definition) is 5. The highest BCUT2D eigenvalue weighted by molar-refractivity contribution is 8.15. The van der Waals surface area contributed by atoms with Crippen molar-refractivity contribution in [2.75, 3.05) is 18.5 Å². The second-order valence-electron chi connectivity index (χ2n) is 8.77. The monoisotopic (exact) mass is 539 g/mol. The van der Waals surface area contributed by atoms with Crippen LogP contribution in [0.3, 0.4) is 0 Å². The molecule has 2 saturated heterocycles. The molecular formula is C25H25ClF3N3O3S. The minimum Gasteiger partial charge on any atom is -0.376 e. The van der Waals surface area contributed by atoms with Crippen LogP contribution in [0.1, 0.15) is 36.0 Å². The predicted octanol–water partition coefficient (Wildman–Crippen LogP) is 6.11. The number of benzene rings is 2. The summed E-state index contributed by atoms with van der Waals surface area (Å²) < 4.78 is 44.9. The van der Waals surface area contributed by atoms with E-state index in [0.717, 1.165) is 47.9 Å². The number of carbonyl (C=O) groups is 2. The standard InChI is InChI=1S/C25H25ClF3N3O3S/c1-14-5-3-6-15(2)22(14)31-24-32(13-17-7-4-10-35-17)23(34)20(36-24)12-21(33)30-19-11-16(25(27,28)29)8-9-18(19)26/h3,5-6,8-9,11,17,20H,4,7,10,12-13H2,1-2H3,(H,30,33)/t17-,20+/m0/s1. The Morgan fingerprint density at radius 2 is 1.97 bits per heavy atom. The summed E-state index contributed by atoms with van der Waals surface area (Å²) in [7, 11) is 0. The number of amides is 2. The van der Waals surface area contributed by atoms with Crippen molar-refractivity contribution < 1.29 is 27.5 Å². The molecule has 2 aromatic rings. The number of thioether (sulfide) groups is 1. The quantitative estimate of drug-likeness (QED) is 0.480. The maximum absolute atomic E-state index is 13.3. The van der Waals surface area contributed by atoms with Crippen LogP contribution in [0.15, 0.2) is 41.4 Å². The second-order valence-corrected chi connectivity index (χ2v) is 10.3. The molecule has 2 aromatic carbocycles. The van der Waals surface area contributed by atoms with Crippen molar-refractivity contribution in [2.45, 2.75) is 50.6 Å². The molecule has 2 atom stereocenters. The molecule has 36 heavy (non-hydrogen) atoms. The number of rotatable bonds is 6. The summed E-state index contributed by atoms with van der Waals surface area (Å²) in [4.78, 5) is 32.4. The van der Waals surface area contributed by atoms with E-state index >= 15 is 0 Å². The Balaban J connectivity index is 1.54. The van der Waals surface area contributed by atoms with E-state index < -0.39 is 22.9 Å². The van der Waals surface area contributed by atoms with Crippen molar-refractivity contribution in [3.8, 4) is 0 Å². The molecule has 0 saturated carbocycles. The van der Waals surface area contributed by atoms with Crippen LogP contribution in [-0.2, 0) is 20.5 Å². The highest BCUT2D eigenvalue weighted by Gasteiger charge is 2.41. The summed E-state index contributed by atoms with van der Waals surface area (Å²) in [5, 5.41) is 2.09. The molecule has 0 radical (unpaired) electrons. The normalized spacial score (nSPS) is 21.4. The number of para-hydroxylation sites is 1. The number of nitrogens with one attached hydrogen (secondary N) is 1. The molecule has 2 amide bonds. The highest BCUT2D eigenvalue weighted by atomic mass is 35.5. The van der Waals surface area contributed by atoms with Crippen LogP contribution in [0.25, 0.3) is 0 Å². The van der Waals surface area contributed by atoms with Crippen LogP contribution in [-0.4, -0.2) is 46.4 Å². The number of aliphatic imine (C=N–C) groups is 1. The van der Waals surface area contributed by atoms with Gasteiger partial charge in [0, 0.05) is 13.0 Å². The molecule has 2 aliphatic rings. The number of halogens is 4. The molecule has 1 N–H and O–H groups in total. The highest BCUT2D eigenvalue weighted by Crippen LogP contribution is 2.36. The summed E-state index contributed by atoms with van der Waals surface area (Å²) in [6.45, 7) is 4.82. The van der Waals surface area contributed by atoms with Crippen molar-refractivity contribution in [3.63, 3.8) is 0 Å². The summed E-state index contributed by atoms with van der Waals surface area (Å²) in [5.41, 5.74) is 1.57. The number of anilines is 1. The minimum atomic E-state index is -4.58. The molecule has 0 bridgehead atoms. The van der Waals surface area contributed by atoms with E-state index in [9.17, 15) is 22.8 Å². The number of ether oxygens (including phenoxy) is 1. The molecule has 2 heterocycles. The first kappa shape index (κ1) is 26.5. The molecule has 2 fully saturated rings. The molecule has 4 rings (SSSR count). The molecule has 11 heteroatoms. The Labute approximate surface area is 216 Å². The van der Waals surface area contributed by atoms with E-state index in [-0.39, 0.29) is 29.1 Å². The minimum absolute atomic E-state index is 0.0287. The van der Waals surface area contributed by atoms with E-state index in [1.807, 2.05) is 32.0 Å². The lowest BCUT2D eigenvalue weighted by Gasteiger charge is -2.20. The van der Waals surface area contributed by atoms with Crippen LogP contribution < -0.4 is 5.32 Å². The van der Waals surface area contributed by atoms with Gasteiger partial charge in [-0.05, 0) is 56.0 Å². The number of nitrogens with zero attached hydrogens (tertiary/aromatic N) is 2. The Kier molecular flexibility index (Phi) is 7.96. The van der Waals surface area contributed by atoms with Crippen LogP contribution in [0, 0.1) is 13.8 Å². The first-order valence-corrected chi connectivity index (χ1v) is 12.7. The molecule has 2 aliphatic heterocycles. The molecule has 0 spiro atoms. The van der Waals surface area contributed by atoms with Crippen LogP contribution in [0.2, 0.25) is 5.02 Å². The fourth-order valence-electron chi connectivity index (χ4n) is 4.13. The van der Waals surface area contributed by atoms with E-state index in [1.54, 1.807) is 4.90 Å². The first-order valence-electron chi connectivity index (χ1n) is 11.4. The van der Waals surface area contributed by atoms with Crippen molar-refractivity contribution >= 4 is 51.7 Å². The summed E-state index contributed by atoms with van der Waals surface area (Å²) in [6, 6.07) is 8.49. The maximum atomic E-state index is 13.3. The number of alkyl halides is 3. The second kappa shape index (κ2) is 10.8. The van der Waals surface area contributed by atoms with Gasteiger partial charge in [-0.25, -0.2) is 4.99 Å². The van der Waals surface area contributed by atoms with Crippen LogP contribution >= 0.6 is 23.4 Å². The lowest BCUT2D eigenvalue weighted by molar-refractivity contribution is -0.137. The number of carbonyl (C=O) groups excluding carboxylic acids is 2. The summed E-state index contributed by atoms with van der Waals surface area (Å²) in [5.74, 6) is -0.904. The third-order valence-corrected chi connectivity index (χ3v) is 7.52. The third kappa shape index (κ3) is 6.04. The van der Waals surface area contributed by atoms with Crippen molar-refractivity contribution in [3.05, 3.63) is 58.1 Å². The molecule has 0 unspecified atom stereocenters. The number of aryl methyl sites for hydroxylation is 2. The fourth-order valence-corrected chi connectivity index (χ4v) is 5.45. The van der Waals surface area contributed by atoms with Gasteiger partial charge < -0.3 is 10.1 Å². The SMILES string of the molecule is Cc1cccc(C)c1N=C1S[C@H](CC(=O)Nc2cc(C(F)(F)F)ccc2Cl)C(=O)N1C[C@@H]1CCCO1. The van der Waals surface area contributed by atoms with Gasteiger partial charge in [0.15, 0.2) is 5.17 Å². The van der Waals surface area contributed by atoms with E-state index in [0.29, 0.717) is 18.3 Å². The Bertz CT molecular complexity index is 1180. The van der Waals surface area contributed by atoms with Gasteiger partial charge in [0.25, 0.3) is 0 Å². The van der Waals surface area contributed by atoms with E-state index in [2.05, 4.69) is 5.32 Å². The molecular weight excluding hydrogens is 515 g/mol. The third-order valence-electron chi connectivity index (χ3n) is 6.02. The van der Waals surface area contributed by atoms with Gasteiger partial charge in [0.1, 0.15) is 5.25 Å². The number of hydrogen-bond donors (Lipinski definition) is 1. The number of amidine groups is 1. The Hall–Kier alpha value is -2.56. The fraction of sp³-hybridized carbons (Fsp3) is 0.400. The summed E-state index contributed by atoms with van der Waals surface area (Å²) >= 11 is 7.17. The van der Waals surface area contributed by atoms with Gasteiger partial charge in [-0.3, -0.25) is 14.5 Å². The van der Waals surface area contributed by atoms with Crippen molar-refractivity contribution in [1.29, 1.82) is 0 Å². The van der Waals surface area contributed by atoms with Gasteiger partial charge >= 0.3 is 6.18 Å². The smallest absolute Gasteiger partial charge is 0.376 e. The first-order chi connectivity index (χ1) is 17.0. The topological polar surface area (TPSA) is 71.0 Å². The van der Waals surface area contributed by atoms with Gasteiger partial charge in [-0.15, -0.1) is 0 Å². The van der Waals surface area contributed by atoms with Gasteiger partial charge in [-0.1, -0.05) is 41.6 Å². The average molecular weight is 540 g/mol. The Morgan fingerprint density at radius 1 is 1.25 bits per heavy atom. The van der Waals surface area contributed by atoms with E-state index in [4.69, 9.17) is 21.3 Å². The molecule has 6 nitrogen and oxygen atoms in total. The lowest BCUT2D eigenvalue weighted by Crippen LogP contribution is -2.38. The van der Waals surface area contributed by atoms with Crippen LogP contribution in [0.5, 0.6) is 0 Å². The lowest BCUT2D eigenvalue weighted by atomic mass is 10.1. The van der Waals surface area contributed by atoms with Crippen molar-refractivity contribution in [1.82, 2.24) is 4.90 Å². The zero-order chi connectivity index (χ0) is 26.0. The van der Waals surface area contributed by atoms with Crippen LogP contribution in [0.4, 0.5) is 24.5 Å². The zero-order valence-electron chi connectivity index (χ0n) is 19.7.